The molecule has 2 atom stereocenters. The number of benzene rings is 2. The summed E-state index contributed by atoms with van der Waals surface area (Å²) in [6.07, 6.45) is -0.754. The van der Waals surface area contributed by atoms with Crippen LogP contribution < -0.4 is 20.9 Å². The van der Waals surface area contributed by atoms with Crippen molar-refractivity contribution in [2.45, 2.75) is 31.2 Å². The minimum atomic E-state index is -0.573. The molecule has 4 rings (SSSR count). The van der Waals surface area contributed by atoms with Gasteiger partial charge < -0.3 is 25.6 Å². The maximum Gasteiger partial charge on any atom is 0.414 e. The first kappa shape index (κ1) is 28.4. The summed E-state index contributed by atoms with van der Waals surface area (Å²) in [5.41, 5.74) is 6.76. The first-order valence-corrected chi connectivity index (χ1v) is 13.3. The molecule has 3 amide bonds. The normalized spacial score (nSPS) is 18.2. The zero-order valence-corrected chi connectivity index (χ0v) is 22.5. The van der Waals surface area contributed by atoms with Crippen molar-refractivity contribution in [1.82, 2.24) is 10.2 Å². The monoisotopic (exact) mass is 557 g/mol. The number of carbonyl (C=O) groups is 4. The Kier molecular flexibility index (Phi) is 9.08. The topological polar surface area (TPSA) is 125 Å². The summed E-state index contributed by atoms with van der Waals surface area (Å²) in [6, 6.07) is 10.7. The number of amides is 3. The van der Waals surface area contributed by atoms with Crippen LogP contribution in [0, 0.1) is 5.82 Å². The molecule has 2 fully saturated rings. The number of Topliss-reactive ketones (excluding diaryl/α,β-unsaturated/α-hetero) is 1. The zero-order chi connectivity index (χ0) is 28.1. The van der Waals surface area contributed by atoms with E-state index in [1.807, 2.05) is 11.8 Å². The number of rotatable bonds is 10. The minimum absolute atomic E-state index is 0.0403. The summed E-state index contributed by atoms with van der Waals surface area (Å²) in [4.78, 5) is 53.5. The SMILES string of the molecule is CC(S)NCC1CN(c2ccc(N3CCN(C(=O)CCC(=O)c4ccc(C(N)=O)cc4)CC3)c(F)c2)C(=O)O1. The van der Waals surface area contributed by atoms with Gasteiger partial charge in [0.2, 0.25) is 11.8 Å². The van der Waals surface area contributed by atoms with E-state index in [1.165, 1.54) is 35.2 Å². The van der Waals surface area contributed by atoms with Crippen LogP contribution in [-0.2, 0) is 9.53 Å². The van der Waals surface area contributed by atoms with Crippen LogP contribution in [0.1, 0.15) is 40.5 Å². The predicted octanol–water partition coefficient (Wildman–Crippen LogP) is 2.43. The lowest BCUT2D eigenvalue weighted by atomic mass is 10.0. The highest BCUT2D eigenvalue weighted by atomic mass is 32.1. The highest BCUT2D eigenvalue weighted by molar-refractivity contribution is 7.80. The number of piperazine rings is 1. The molecule has 2 unspecified atom stereocenters. The average Bonchev–Trinajstić information content (AvgIpc) is 3.30. The molecule has 0 saturated carbocycles. The summed E-state index contributed by atoms with van der Waals surface area (Å²) in [5.74, 6) is -1.37. The highest BCUT2D eigenvalue weighted by Gasteiger charge is 2.33. The first-order valence-electron chi connectivity index (χ1n) is 12.8. The van der Waals surface area contributed by atoms with Crippen LogP contribution in [0.25, 0.3) is 0 Å². The molecule has 10 nitrogen and oxygen atoms in total. The van der Waals surface area contributed by atoms with Gasteiger partial charge in [-0.3, -0.25) is 19.3 Å². The van der Waals surface area contributed by atoms with Crippen LogP contribution in [0.2, 0.25) is 0 Å². The molecule has 0 bridgehead atoms. The van der Waals surface area contributed by atoms with E-state index in [0.717, 1.165) is 0 Å². The molecule has 0 spiro atoms. The van der Waals surface area contributed by atoms with Gasteiger partial charge >= 0.3 is 6.09 Å². The van der Waals surface area contributed by atoms with Crippen molar-refractivity contribution >= 4 is 47.7 Å². The lowest BCUT2D eigenvalue weighted by Crippen LogP contribution is -2.49. The fraction of sp³-hybridized carbons (Fsp3) is 0.407. The number of carbonyl (C=O) groups excluding carboxylic acids is 4. The second-order valence-electron chi connectivity index (χ2n) is 9.57. The van der Waals surface area contributed by atoms with E-state index in [-0.39, 0.29) is 36.0 Å². The molecule has 3 N–H and O–H groups in total. The highest BCUT2D eigenvalue weighted by Crippen LogP contribution is 2.28. The number of nitrogens with zero attached hydrogens (tertiary/aromatic N) is 3. The second-order valence-corrected chi connectivity index (χ2v) is 10.3. The van der Waals surface area contributed by atoms with E-state index in [1.54, 1.807) is 17.0 Å². The van der Waals surface area contributed by atoms with Crippen LogP contribution in [0.3, 0.4) is 0 Å². The Bertz CT molecular complexity index is 1230. The van der Waals surface area contributed by atoms with Crippen molar-refractivity contribution in [3.8, 4) is 0 Å². The Hall–Kier alpha value is -3.64. The average molecular weight is 558 g/mol. The van der Waals surface area contributed by atoms with Gasteiger partial charge in [-0.1, -0.05) is 12.1 Å². The van der Waals surface area contributed by atoms with Gasteiger partial charge in [-0.25, -0.2) is 9.18 Å². The van der Waals surface area contributed by atoms with E-state index in [4.69, 9.17) is 10.5 Å². The van der Waals surface area contributed by atoms with Crippen LogP contribution in [0.4, 0.5) is 20.6 Å². The molecule has 2 aromatic rings. The maximum atomic E-state index is 15.1. The maximum absolute atomic E-state index is 15.1. The van der Waals surface area contributed by atoms with Crippen LogP contribution >= 0.6 is 12.6 Å². The molecule has 12 heteroatoms. The summed E-state index contributed by atoms with van der Waals surface area (Å²) in [7, 11) is 0. The molecular formula is C27H32FN5O5S. The Balaban J connectivity index is 1.26. The molecule has 2 aliphatic heterocycles. The lowest BCUT2D eigenvalue weighted by molar-refractivity contribution is -0.131. The molecule has 39 heavy (non-hydrogen) atoms. The molecule has 2 aromatic carbocycles. The summed E-state index contributed by atoms with van der Waals surface area (Å²) in [5, 5.41) is 3.06. The molecule has 2 saturated heterocycles. The second kappa shape index (κ2) is 12.5. The van der Waals surface area contributed by atoms with Gasteiger partial charge in [0.1, 0.15) is 11.9 Å². The van der Waals surface area contributed by atoms with E-state index in [0.29, 0.717) is 61.8 Å². The summed E-state index contributed by atoms with van der Waals surface area (Å²) < 4.78 is 20.4. The molecule has 0 aliphatic carbocycles. The van der Waals surface area contributed by atoms with Gasteiger partial charge in [0.15, 0.2) is 5.78 Å². The van der Waals surface area contributed by atoms with Crippen LogP contribution in [0.15, 0.2) is 42.5 Å². The van der Waals surface area contributed by atoms with Crippen molar-refractivity contribution in [3.63, 3.8) is 0 Å². The Labute approximate surface area is 231 Å². The number of hydrogen-bond donors (Lipinski definition) is 3. The number of hydrogen-bond acceptors (Lipinski definition) is 8. The standard InChI is InChI=1S/C27H32FN5O5S/c1-17(39)30-15-21-16-33(27(37)38-21)20-6-7-23(22(28)14-20)31-10-12-32(13-11-31)25(35)9-8-24(34)18-2-4-19(5-3-18)26(29)36/h2-7,14,17,21,30,39H,8-13,15-16H2,1H3,(H2,29,36). The third-order valence-corrected chi connectivity index (χ3v) is 6.97. The first-order chi connectivity index (χ1) is 18.6. The van der Waals surface area contributed by atoms with Gasteiger partial charge in [0.05, 0.1) is 17.9 Å². The quantitative estimate of drug-likeness (QED) is 0.233. The van der Waals surface area contributed by atoms with Gasteiger partial charge in [-0.05, 0) is 37.3 Å². The minimum Gasteiger partial charge on any atom is -0.443 e. The number of thiol groups is 1. The number of primary amides is 1. The van der Waals surface area contributed by atoms with Gasteiger partial charge in [-0.2, -0.15) is 12.6 Å². The fourth-order valence-corrected chi connectivity index (χ4v) is 4.71. The van der Waals surface area contributed by atoms with Crippen molar-refractivity contribution < 1.29 is 28.3 Å². The van der Waals surface area contributed by atoms with Crippen molar-refractivity contribution in [1.29, 1.82) is 0 Å². The summed E-state index contributed by atoms with van der Waals surface area (Å²) in [6.45, 7) is 4.31. The molecule has 0 radical (unpaired) electrons. The number of halogens is 1. The Morgan fingerprint density at radius 1 is 1.08 bits per heavy atom. The number of cyclic esters (lactones) is 1. The van der Waals surface area contributed by atoms with Crippen molar-refractivity contribution in [2.75, 3.05) is 49.1 Å². The predicted molar refractivity (Wildman–Crippen MR) is 148 cm³/mol. The molecule has 208 valence electrons. The summed E-state index contributed by atoms with van der Waals surface area (Å²) >= 11 is 4.25. The molecule has 0 aromatic heterocycles. The largest absolute Gasteiger partial charge is 0.443 e. The van der Waals surface area contributed by atoms with Crippen molar-refractivity contribution in [2.24, 2.45) is 5.73 Å². The zero-order valence-electron chi connectivity index (χ0n) is 21.6. The lowest BCUT2D eigenvalue weighted by Gasteiger charge is -2.36. The number of ketones is 1. The number of nitrogens with two attached hydrogens (primary N) is 1. The Morgan fingerprint density at radius 3 is 2.36 bits per heavy atom. The van der Waals surface area contributed by atoms with E-state index < -0.39 is 17.8 Å². The number of anilines is 2. The van der Waals surface area contributed by atoms with E-state index >= 15 is 4.39 Å². The third-order valence-electron chi connectivity index (χ3n) is 6.79. The molecule has 2 aliphatic rings. The third kappa shape index (κ3) is 7.07. The van der Waals surface area contributed by atoms with Gasteiger partial charge in [0.25, 0.3) is 0 Å². The van der Waals surface area contributed by atoms with Crippen LogP contribution in [-0.4, -0.2) is 79.3 Å². The van der Waals surface area contributed by atoms with Crippen molar-refractivity contribution in [3.05, 3.63) is 59.4 Å². The molecule has 2 heterocycles. The van der Waals surface area contributed by atoms with Gasteiger partial charge in [-0.15, -0.1) is 0 Å². The fourth-order valence-electron chi connectivity index (χ4n) is 4.60. The van der Waals surface area contributed by atoms with E-state index in [9.17, 15) is 19.2 Å². The number of nitrogens with one attached hydrogen (secondary N) is 1. The molecular weight excluding hydrogens is 525 g/mol. The van der Waals surface area contributed by atoms with E-state index in [2.05, 4.69) is 17.9 Å². The smallest absolute Gasteiger partial charge is 0.414 e. The van der Waals surface area contributed by atoms with Crippen LogP contribution in [0.5, 0.6) is 0 Å². The van der Waals surface area contributed by atoms with Gasteiger partial charge in [0, 0.05) is 62.1 Å². The number of ether oxygens (including phenoxy) is 1. The Morgan fingerprint density at radius 2 is 1.74 bits per heavy atom.